The molecule has 0 radical (unpaired) electrons. The summed E-state index contributed by atoms with van der Waals surface area (Å²) in [6, 6.07) is 4.90. The number of nitrogens with one attached hydrogen (secondary N) is 1. The summed E-state index contributed by atoms with van der Waals surface area (Å²) >= 11 is 2.04. The van der Waals surface area contributed by atoms with Gasteiger partial charge in [-0.3, -0.25) is 9.59 Å². The quantitative estimate of drug-likeness (QED) is 0.667. The highest BCUT2D eigenvalue weighted by atomic mass is 127. The van der Waals surface area contributed by atoms with Crippen LogP contribution >= 0.6 is 22.6 Å². The molecule has 2 rings (SSSR count). The number of aromatic nitrogens is 1. The Morgan fingerprint density at radius 2 is 1.88 bits per heavy atom. The molecule has 0 saturated heterocycles. The molecule has 0 aliphatic carbocycles. The largest absolute Gasteiger partial charge is 0.493 e. The fourth-order valence-corrected chi connectivity index (χ4v) is 2.79. The molecule has 0 atom stereocenters. The van der Waals surface area contributed by atoms with Crippen LogP contribution in [0.2, 0.25) is 0 Å². The number of carbonyl (C=O) groups excluding carboxylic acids is 2. The van der Waals surface area contributed by atoms with Crippen molar-refractivity contribution in [2.75, 3.05) is 33.1 Å². The topological polar surface area (TPSA) is 93.9 Å². The normalized spacial score (nSPS) is 10.3. The van der Waals surface area contributed by atoms with E-state index in [1.54, 1.807) is 32.2 Å². The van der Waals surface area contributed by atoms with Crippen molar-refractivity contribution in [2.45, 2.75) is 6.92 Å². The second-order valence-electron chi connectivity index (χ2n) is 5.22. The first-order valence-electron chi connectivity index (χ1n) is 7.25. The van der Waals surface area contributed by atoms with E-state index in [9.17, 15) is 9.59 Å². The second-order valence-corrected chi connectivity index (χ2v) is 6.38. The number of ether oxygens (including phenoxy) is 2. The zero-order valence-electron chi connectivity index (χ0n) is 14.3. The van der Waals surface area contributed by atoms with E-state index in [-0.39, 0.29) is 18.4 Å². The minimum absolute atomic E-state index is 0.130. The van der Waals surface area contributed by atoms with Crippen molar-refractivity contribution in [2.24, 2.45) is 0 Å². The van der Waals surface area contributed by atoms with Gasteiger partial charge in [0.15, 0.2) is 17.3 Å². The molecule has 1 aromatic heterocycles. The maximum atomic E-state index is 12.6. The van der Waals surface area contributed by atoms with E-state index in [4.69, 9.17) is 14.0 Å². The molecule has 1 heterocycles. The molecule has 0 aliphatic rings. The van der Waals surface area contributed by atoms with E-state index in [2.05, 4.69) is 10.5 Å². The van der Waals surface area contributed by atoms with Gasteiger partial charge in [0.1, 0.15) is 5.76 Å². The van der Waals surface area contributed by atoms with Crippen molar-refractivity contribution in [3.63, 3.8) is 0 Å². The van der Waals surface area contributed by atoms with Crippen LogP contribution in [-0.2, 0) is 4.79 Å². The molecule has 8 nitrogen and oxygen atoms in total. The van der Waals surface area contributed by atoms with E-state index >= 15 is 0 Å². The summed E-state index contributed by atoms with van der Waals surface area (Å²) < 4.78 is 16.0. The summed E-state index contributed by atoms with van der Waals surface area (Å²) in [5.41, 5.74) is 0.422. The molecule has 1 N–H and O–H groups in total. The average molecular weight is 459 g/mol. The SMILES string of the molecule is COc1cc(I)c(C(=O)N(C)CC(=O)Nc2cc(C)on2)cc1OC. The summed E-state index contributed by atoms with van der Waals surface area (Å²) in [6.45, 7) is 1.59. The molecular weight excluding hydrogens is 441 g/mol. The van der Waals surface area contributed by atoms with Gasteiger partial charge in [0.2, 0.25) is 5.91 Å². The minimum atomic E-state index is -0.375. The zero-order valence-corrected chi connectivity index (χ0v) is 16.4. The lowest BCUT2D eigenvalue weighted by atomic mass is 10.1. The number of hydrogen-bond acceptors (Lipinski definition) is 6. The number of anilines is 1. The molecule has 1 aromatic carbocycles. The lowest BCUT2D eigenvalue weighted by Crippen LogP contribution is -2.35. The Bertz CT molecular complexity index is 790. The fourth-order valence-electron chi connectivity index (χ4n) is 2.12. The van der Waals surface area contributed by atoms with Gasteiger partial charge in [-0.05, 0) is 41.6 Å². The van der Waals surface area contributed by atoms with E-state index in [1.165, 1.54) is 19.1 Å². The maximum Gasteiger partial charge on any atom is 0.255 e. The number of rotatable bonds is 6. The lowest BCUT2D eigenvalue weighted by Gasteiger charge is -2.18. The number of methoxy groups -OCH3 is 2. The number of aryl methyl sites for hydroxylation is 1. The first kappa shape index (κ1) is 19.0. The third-order valence-corrected chi connectivity index (χ3v) is 4.22. The van der Waals surface area contributed by atoms with Crippen molar-refractivity contribution in [1.82, 2.24) is 10.1 Å². The molecule has 134 valence electrons. The molecular formula is C16H18IN3O5. The van der Waals surface area contributed by atoms with Gasteiger partial charge < -0.3 is 24.2 Å². The van der Waals surface area contributed by atoms with Gasteiger partial charge in [-0.1, -0.05) is 5.16 Å². The molecule has 25 heavy (non-hydrogen) atoms. The molecule has 0 bridgehead atoms. The number of halogens is 1. The van der Waals surface area contributed by atoms with Crippen molar-refractivity contribution >= 4 is 40.2 Å². The van der Waals surface area contributed by atoms with Crippen molar-refractivity contribution in [1.29, 1.82) is 0 Å². The van der Waals surface area contributed by atoms with Gasteiger partial charge in [0, 0.05) is 16.7 Å². The second kappa shape index (κ2) is 8.19. The fraction of sp³-hybridized carbons (Fsp3) is 0.312. The predicted molar refractivity (Wildman–Crippen MR) is 99.1 cm³/mol. The molecule has 0 unspecified atom stereocenters. The molecule has 9 heteroatoms. The average Bonchev–Trinajstić information content (AvgIpc) is 2.98. The van der Waals surface area contributed by atoms with Crippen molar-refractivity contribution < 1.29 is 23.6 Å². The number of hydrogen-bond donors (Lipinski definition) is 1. The van der Waals surface area contributed by atoms with E-state index in [1.807, 2.05) is 22.6 Å². The van der Waals surface area contributed by atoms with Crippen LogP contribution in [-0.4, -0.2) is 49.7 Å². The zero-order chi connectivity index (χ0) is 18.6. The van der Waals surface area contributed by atoms with Gasteiger partial charge in [0.05, 0.1) is 26.3 Å². The van der Waals surface area contributed by atoms with Crippen LogP contribution < -0.4 is 14.8 Å². The van der Waals surface area contributed by atoms with Gasteiger partial charge >= 0.3 is 0 Å². The van der Waals surface area contributed by atoms with E-state index in [0.29, 0.717) is 32.2 Å². The Hall–Kier alpha value is -2.30. The highest BCUT2D eigenvalue weighted by molar-refractivity contribution is 14.1. The monoisotopic (exact) mass is 459 g/mol. The Morgan fingerprint density at radius 3 is 2.44 bits per heavy atom. The van der Waals surface area contributed by atoms with Crippen LogP contribution in [0.5, 0.6) is 11.5 Å². The predicted octanol–water partition coefficient (Wildman–Crippen LogP) is 2.32. The number of benzene rings is 1. The Balaban J connectivity index is 2.10. The number of likely N-dealkylation sites (N-methyl/N-ethyl adjacent to an activating group) is 1. The van der Waals surface area contributed by atoms with Crippen LogP contribution in [0, 0.1) is 10.5 Å². The van der Waals surface area contributed by atoms with Gasteiger partial charge in [-0.2, -0.15) is 0 Å². The smallest absolute Gasteiger partial charge is 0.255 e. The summed E-state index contributed by atoms with van der Waals surface area (Å²) in [5, 5.41) is 6.25. The van der Waals surface area contributed by atoms with Crippen LogP contribution in [0.4, 0.5) is 5.82 Å². The van der Waals surface area contributed by atoms with E-state index < -0.39 is 0 Å². The van der Waals surface area contributed by atoms with Gasteiger partial charge in [-0.25, -0.2) is 0 Å². The lowest BCUT2D eigenvalue weighted by molar-refractivity contribution is -0.116. The Labute approximate surface area is 158 Å². The number of carbonyl (C=O) groups is 2. The maximum absolute atomic E-state index is 12.6. The van der Waals surface area contributed by atoms with Gasteiger partial charge in [0.25, 0.3) is 5.91 Å². The van der Waals surface area contributed by atoms with Gasteiger partial charge in [-0.15, -0.1) is 0 Å². The van der Waals surface area contributed by atoms with Crippen molar-refractivity contribution in [3.8, 4) is 11.5 Å². The van der Waals surface area contributed by atoms with Crippen LogP contribution in [0.3, 0.4) is 0 Å². The first-order valence-corrected chi connectivity index (χ1v) is 8.33. The summed E-state index contributed by atoms with van der Waals surface area (Å²) in [4.78, 5) is 26.0. The standard InChI is InChI=1S/C16H18IN3O5/c1-9-5-14(19-25-9)18-15(21)8-20(2)16(22)10-6-12(23-3)13(24-4)7-11(10)17/h5-7H,8H2,1-4H3,(H,18,19,21). The highest BCUT2D eigenvalue weighted by Gasteiger charge is 2.20. The summed E-state index contributed by atoms with van der Waals surface area (Å²) in [5.74, 6) is 1.19. The van der Waals surface area contributed by atoms with E-state index in [0.717, 1.165) is 0 Å². The molecule has 0 fully saturated rings. The van der Waals surface area contributed by atoms with Crippen LogP contribution in [0.1, 0.15) is 16.1 Å². The Kier molecular flexibility index (Phi) is 6.23. The third kappa shape index (κ3) is 4.62. The molecule has 2 aromatic rings. The Morgan fingerprint density at radius 1 is 1.24 bits per heavy atom. The van der Waals surface area contributed by atoms with Crippen molar-refractivity contribution in [3.05, 3.63) is 33.1 Å². The summed E-state index contributed by atoms with van der Waals surface area (Å²) in [6.07, 6.45) is 0. The van der Waals surface area contributed by atoms with Crippen LogP contribution in [0.25, 0.3) is 0 Å². The highest BCUT2D eigenvalue weighted by Crippen LogP contribution is 2.31. The van der Waals surface area contributed by atoms with Crippen LogP contribution in [0.15, 0.2) is 22.7 Å². The number of amides is 2. The first-order chi connectivity index (χ1) is 11.8. The third-order valence-electron chi connectivity index (χ3n) is 3.33. The summed E-state index contributed by atoms with van der Waals surface area (Å²) in [7, 11) is 4.57. The number of nitrogens with zero attached hydrogens (tertiary/aromatic N) is 2. The molecule has 0 saturated carbocycles. The molecule has 0 spiro atoms. The minimum Gasteiger partial charge on any atom is -0.493 e. The molecule has 0 aliphatic heterocycles. The molecule has 2 amide bonds.